The monoisotopic (exact) mass is 277 g/mol. The zero-order valence-corrected chi connectivity index (χ0v) is 11.5. The molecule has 2 N–H and O–H groups in total. The number of hydrogen-bond acceptors (Lipinski definition) is 3. The van der Waals surface area contributed by atoms with Gasteiger partial charge >= 0.3 is 5.97 Å². The highest BCUT2D eigenvalue weighted by Gasteiger charge is 2.28. The molecule has 1 aromatic rings. The molecule has 1 aliphatic carbocycles. The predicted octanol–water partition coefficient (Wildman–Crippen LogP) is 2.13. The smallest absolute Gasteiger partial charge is 0.330 e. The van der Waals surface area contributed by atoms with Crippen molar-refractivity contribution < 1.29 is 19.4 Å². The number of nitrogens with one attached hydrogen (secondary N) is 1. The van der Waals surface area contributed by atoms with E-state index in [2.05, 4.69) is 5.32 Å². The van der Waals surface area contributed by atoms with Gasteiger partial charge in [-0.2, -0.15) is 0 Å². The van der Waals surface area contributed by atoms with E-state index in [1.54, 1.807) is 31.4 Å². The lowest BCUT2D eigenvalue weighted by Crippen LogP contribution is -2.37. The molecule has 108 valence electrons. The Kier molecular flexibility index (Phi) is 4.61. The maximum Gasteiger partial charge on any atom is 0.330 e. The molecular weight excluding hydrogens is 258 g/mol. The van der Waals surface area contributed by atoms with Gasteiger partial charge in [-0.05, 0) is 30.5 Å². The van der Waals surface area contributed by atoms with Gasteiger partial charge in [0.15, 0.2) is 6.04 Å². The minimum absolute atomic E-state index is 0.0462. The summed E-state index contributed by atoms with van der Waals surface area (Å²) in [5.41, 5.74) is 0.546. The summed E-state index contributed by atoms with van der Waals surface area (Å²) in [5, 5.41) is 11.9. The van der Waals surface area contributed by atoms with Crippen LogP contribution in [0.3, 0.4) is 0 Å². The molecule has 5 nitrogen and oxygen atoms in total. The van der Waals surface area contributed by atoms with Crippen LogP contribution in [-0.2, 0) is 9.59 Å². The van der Waals surface area contributed by atoms with Crippen molar-refractivity contribution >= 4 is 11.9 Å². The van der Waals surface area contributed by atoms with E-state index in [1.807, 2.05) is 0 Å². The van der Waals surface area contributed by atoms with Crippen molar-refractivity contribution in [1.29, 1.82) is 0 Å². The van der Waals surface area contributed by atoms with Crippen molar-refractivity contribution in [2.45, 2.75) is 31.7 Å². The summed E-state index contributed by atoms with van der Waals surface area (Å²) in [4.78, 5) is 23.4. The highest BCUT2D eigenvalue weighted by atomic mass is 16.5. The Bertz CT molecular complexity index is 477. The number of hydrogen-bond donors (Lipinski definition) is 2. The van der Waals surface area contributed by atoms with E-state index < -0.39 is 12.0 Å². The van der Waals surface area contributed by atoms with Crippen molar-refractivity contribution in [2.75, 3.05) is 7.11 Å². The number of amides is 1. The predicted molar refractivity (Wildman–Crippen MR) is 73.5 cm³/mol. The second kappa shape index (κ2) is 6.41. The topological polar surface area (TPSA) is 75.6 Å². The maximum atomic E-state index is 12.1. The number of carbonyl (C=O) groups is 2. The van der Waals surface area contributed by atoms with Gasteiger partial charge in [-0.3, -0.25) is 4.79 Å². The van der Waals surface area contributed by atoms with Gasteiger partial charge in [0.2, 0.25) is 5.91 Å². The normalized spacial score (nSPS) is 16.6. The molecule has 1 aromatic carbocycles. The molecule has 1 fully saturated rings. The summed E-state index contributed by atoms with van der Waals surface area (Å²) >= 11 is 0. The SMILES string of the molecule is COc1ccc(C(NC(=O)C2CCCC2)C(=O)O)cc1. The lowest BCUT2D eigenvalue weighted by atomic mass is 10.0. The van der Waals surface area contributed by atoms with Crippen molar-refractivity contribution in [1.82, 2.24) is 5.32 Å². The molecule has 1 unspecified atom stereocenters. The third-order valence-corrected chi connectivity index (χ3v) is 3.71. The molecule has 0 aromatic heterocycles. The summed E-state index contributed by atoms with van der Waals surface area (Å²) < 4.78 is 5.04. The maximum absolute atomic E-state index is 12.1. The number of methoxy groups -OCH3 is 1. The molecule has 20 heavy (non-hydrogen) atoms. The molecule has 1 saturated carbocycles. The zero-order valence-electron chi connectivity index (χ0n) is 11.5. The van der Waals surface area contributed by atoms with E-state index in [0.717, 1.165) is 25.7 Å². The Hall–Kier alpha value is -2.04. The van der Waals surface area contributed by atoms with Crippen LogP contribution in [0.2, 0.25) is 0 Å². The first kappa shape index (κ1) is 14.4. The minimum atomic E-state index is -1.05. The first-order chi connectivity index (χ1) is 9.61. The Morgan fingerprint density at radius 1 is 1.25 bits per heavy atom. The van der Waals surface area contributed by atoms with E-state index >= 15 is 0 Å². The molecule has 0 aliphatic heterocycles. The molecule has 1 amide bonds. The molecule has 2 rings (SSSR count). The van der Waals surface area contributed by atoms with Gasteiger partial charge in [-0.1, -0.05) is 25.0 Å². The first-order valence-corrected chi connectivity index (χ1v) is 6.79. The Balaban J connectivity index is 2.09. The van der Waals surface area contributed by atoms with Crippen LogP contribution in [0.25, 0.3) is 0 Å². The fraction of sp³-hybridized carbons (Fsp3) is 0.467. The van der Waals surface area contributed by atoms with E-state index in [9.17, 15) is 14.7 Å². The highest BCUT2D eigenvalue weighted by molar-refractivity contribution is 5.86. The van der Waals surface area contributed by atoms with Crippen LogP contribution in [0, 0.1) is 5.92 Å². The standard InChI is InChI=1S/C15H19NO4/c1-20-12-8-6-10(7-9-12)13(15(18)19)16-14(17)11-4-2-3-5-11/h6-9,11,13H,2-5H2,1H3,(H,16,17)(H,18,19). The fourth-order valence-corrected chi connectivity index (χ4v) is 2.53. The lowest BCUT2D eigenvalue weighted by Gasteiger charge is -2.18. The number of rotatable bonds is 5. The van der Waals surface area contributed by atoms with Gasteiger partial charge in [-0.25, -0.2) is 4.79 Å². The molecule has 1 aliphatic rings. The quantitative estimate of drug-likeness (QED) is 0.864. The van der Waals surface area contributed by atoms with Gasteiger partial charge < -0.3 is 15.2 Å². The number of carbonyl (C=O) groups excluding carboxylic acids is 1. The van der Waals surface area contributed by atoms with E-state index in [-0.39, 0.29) is 11.8 Å². The molecule has 0 saturated heterocycles. The highest BCUT2D eigenvalue weighted by Crippen LogP contribution is 2.26. The molecule has 0 spiro atoms. The molecule has 5 heteroatoms. The second-order valence-corrected chi connectivity index (χ2v) is 5.03. The van der Waals surface area contributed by atoms with Crippen molar-refractivity contribution in [3.63, 3.8) is 0 Å². The van der Waals surface area contributed by atoms with Gasteiger partial charge in [0.05, 0.1) is 7.11 Å². The largest absolute Gasteiger partial charge is 0.497 e. The third kappa shape index (κ3) is 3.29. The number of carboxylic acids is 1. The van der Waals surface area contributed by atoms with Crippen molar-refractivity contribution in [3.8, 4) is 5.75 Å². The number of benzene rings is 1. The molecule has 0 radical (unpaired) electrons. The fourth-order valence-electron chi connectivity index (χ4n) is 2.53. The van der Waals surface area contributed by atoms with Crippen LogP contribution in [0.4, 0.5) is 0 Å². The molecule has 1 atom stereocenters. The molecule has 0 heterocycles. The second-order valence-electron chi connectivity index (χ2n) is 5.03. The summed E-state index contributed by atoms with van der Waals surface area (Å²) in [5.74, 6) is -0.609. The Labute approximate surface area is 117 Å². The molecular formula is C15H19NO4. The van der Waals surface area contributed by atoms with Crippen LogP contribution in [-0.4, -0.2) is 24.1 Å². The van der Waals surface area contributed by atoms with Crippen LogP contribution in [0.5, 0.6) is 5.75 Å². The minimum Gasteiger partial charge on any atom is -0.497 e. The number of carboxylic acid groups (broad SMARTS) is 1. The van der Waals surface area contributed by atoms with E-state index in [4.69, 9.17) is 4.74 Å². The Morgan fingerprint density at radius 2 is 1.85 bits per heavy atom. The summed E-state index contributed by atoms with van der Waals surface area (Å²) in [6.45, 7) is 0. The average molecular weight is 277 g/mol. The van der Waals surface area contributed by atoms with Gasteiger partial charge in [-0.15, -0.1) is 0 Å². The summed E-state index contributed by atoms with van der Waals surface area (Å²) in [6, 6.07) is 5.69. The van der Waals surface area contributed by atoms with Crippen LogP contribution in [0.15, 0.2) is 24.3 Å². The molecule has 0 bridgehead atoms. The first-order valence-electron chi connectivity index (χ1n) is 6.79. The van der Waals surface area contributed by atoms with Gasteiger partial charge in [0.25, 0.3) is 0 Å². The van der Waals surface area contributed by atoms with Gasteiger partial charge in [0.1, 0.15) is 5.75 Å². The summed E-state index contributed by atoms with van der Waals surface area (Å²) in [6.07, 6.45) is 3.78. The summed E-state index contributed by atoms with van der Waals surface area (Å²) in [7, 11) is 1.55. The van der Waals surface area contributed by atoms with E-state index in [0.29, 0.717) is 11.3 Å². The van der Waals surface area contributed by atoms with Crippen LogP contribution >= 0.6 is 0 Å². The Morgan fingerprint density at radius 3 is 2.35 bits per heavy atom. The number of ether oxygens (including phenoxy) is 1. The van der Waals surface area contributed by atoms with Crippen molar-refractivity contribution in [3.05, 3.63) is 29.8 Å². The average Bonchev–Trinajstić information content (AvgIpc) is 2.98. The lowest BCUT2D eigenvalue weighted by molar-refractivity contribution is -0.142. The van der Waals surface area contributed by atoms with Crippen LogP contribution < -0.4 is 10.1 Å². The zero-order chi connectivity index (χ0) is 14.5. The van der Waals surface area contributed by atoms with Crippen LogP contribution in [0.1, 0.15) is 37.3 Å². The van der Waals surface area contributed by atoms with Gasteiger partial charge in [0, 0.05) is 5.92 Å². The van der Waals surface area contributed by atoms with E-state index in [1.165, 1.54) is 0 Å². The van der Waals surface area contributed by atoms with Crippen molar-refractivity contribution in [2.24, 2.45) is 5.92 Å². The third-order valence-electron chi connectivity index (χ3n) is 3.71. The number of aliphatic carboxylic acids is 1.